The van der Waals surface area contributed by atoms with Crippen LogP contribution in [0.2, 0.25) is 0 Å². The molecule has 0 aliphatic heterocycles. The van der Waals surface area contributed by atoms with Gasteiger partial charge in [0.05, 0.1) is 0 Å². The van der Waals surface area contributed by atoms with Gasteiger partial charge in [-0.05, 0) is 71.9 Å². The summed E-state index contributed by atoms with van der Waals surface area (Å²) in [5.74, 6) is 0. The molecule has 0 saturated carbocycles. The zero-order valence-corrected chi connectivity index (χ0v) is 11.7. The third kappa shape index (κ3) is 1.42. The molecule has 0 amide bonds. The van der Waals surface area contributed by atoms with Crippen LogP contribution in [0.4, 0.5) is 0 Å². The number of fused-ring (bicyclic) bond motifs is 3. The molecular formula is C20H18. The third-order valence-corrected chi connectivity index (χ3v) is 5.44. The highest BCUT2D eigenvalue weighted by molar-refractivity contribution is 5.57. The molecule has 0 fully saturated rings. The van der Waals surface area contributed by atoms with Crippen LogP contribution >= 0.6 is 0 Å². The predicted molar refractivity (Wildman–Crippen MR) is 82.8 cm³/mol. The van der Waals surface area contributed by atoms with Gasteiger partial charge < -0.3 is 0 Å². The average molecular weight is 258 g/mol. The maximum Gasteiger partial charge on any atom is -0.00203 e. The van der Waals surface area contributed by atoms with Crippen LogP contribution in [-0.4, -0.2) is 0 Å². The minimum absolute atomic E-state index is 1.18. The maximum atomic E-state index is 2.41. The molecule has 0 spiro atoms. The van der Waals surface area contributed by atoms with Crippen molar-refractivity contribution in [2.24, 2.45) is 0 Å². The van der Waals surface area contributed by atoms with Gasteiger partial charge in [0.1, 0.15) is 0 Å². The van der Waals surface area contributed by atoms with Crippen molar-refractivity contribution in [1.82, 2.24) is 0 Å². The molecule has 0 atom stereocenters. The summed E-state index contributed by atoms with van der Waals surface area (Å²) in [6.07, 6.45) is 16.5. The number of hydrogen-bond acceptors (Lipinski definition) is 0. The van der Waals surface area contributed by atoms with E-state index < -0.39 is 0 Å². The first-order valence-electron chi connectivity index (χ1n) is 7.76. The van der Waals surface area contributed by atoms with Crippen LogP contribution in [0.25, 0.3) is 0 Å². The van der Waals surface area contributed by atoms with Crippen LogP contribution < -0.4 is 0 Å². The van der Waals surface area contributed by atoms with Gasteiger partial charge in [0.2, 0.25) is 0 Å². The lowest BCUT2D eigenvalue weighted by Crippen LogP contribution is -2.14. The fourth-order valence-corrected chi connectivity index (χ4v) is 4.33. The van der Waals surface area contributed by atoms with E-state index in [1.165, 1.54) is 38.5 Å². The van der Waals surface area contributed by atoms with Crippen LogP contribution in [0.15, 0.2) is 58.7 Å². The van der Waals surface area contributed by atoms with Gasteiger partial charge in [0.15, 0.2) is 0 Å². The molecule has 98 valence electrons. The van der Waals surface area contributed by atoms with E-state index in [9.17, 15) is 0 Å². The molecule has 1 aromatic rings. The minimum Gasteiger partial charge on any atom is -0.0802 e. The lowest BCUT2D eigenvalue weighted by molar-refractivity contribution is 0.897. The van der Waals surface area contributed by atoms with Gasteiger partial charge in [0, 0.05) is 0 Å². The van der Waals surface area contributed by atoms with Crippen molar-refractivity contribution in [1.29, 1.82) is 0 Å². The Morgan fingerprint density at radius 3 is 1.60 bits per heavy atom. The van der Waals surface area contributed by atoms with E-state index in [0.717, 1.165) is 0 Å². The van der Waals surface area contributed by atoms with Crippen molar-refractivity contribution in [2.75, 3.05) is 0 Å². The Morgan fingerprint density at radius 1 is 0.600 bits per heavy atom. The first kappa shape index (κ1) is 10.9. The smallest absolute Gasteiger partial charge is 0.00203 e. The zero-order valence-electron chi connectivity index (χ0n) is 11.7. The summed E-state index contributed by atoms with van der Waals surface area (Å²) in [5.41, 5.74) is 13.0. The molecule has 4 aliphatic carbocycles. The minimum atomic E-state index is 1.18. The van der Waals surface area contributed by atoms with E-state index in [1.54, 1.807) is 44.5 Å². The maximum absolute atomic E-state index is 2.41. The van der Waals surface area contributed by atoms with Gasteiger partial charge in [-0.3, -0.25) is 0 Å². The fourth-order valence-electron chi connectivity index (χ4n) is 4.33. The normalized spacial score (nSPS) is 22.0. The standard InChI is InChI=1S/C20H18/c1-3-13-9-17-7-8-18-10-14-4-2-6-16(14)12-20(18)19(17)11-15(13)5-1/h1-2,5-8H,3-4,9-12H2. The molecule has 0 radical (unpaired) electrons. The van der Waals surface area contributed by atoms with Gasteiger partial charge in [-0.1, -0.05) is 47.6 Å². The Bertz CT molecular complexity index is 685. The summed E-state index contributed by atoms with van der Waals surface area (Å²) in [5, 5.41) is 0. The highest BCUT2D eigenvalue weighted by Crippen LogP contribution is 2.40. The lowest BCUT2D eigenvalue weighted by Gasteiger charge is -2.27. The van der Waals surface area contributed by atoms with Crippen molar-refractivity contribution in [3.05, 3.63) is 81.0 Å². The highest BCUT2D eigenvalue weighted by Gasteiger charge is 2.26. The molecule has 0 N–H and O–H groups in total. The summed E-state index contributed by atoms with van der Waals surface area (Å²) < 4.78 is 0. The molecule has 0 nitrogen and oxygen atoms in total. The third-order valence-electron chi connectivity index (χ3n) is 5.44. The molecule has 0 unspecified atom stereocenters. The highest BCUT2D eigenvalue weighted by atomic mass is 14.3. The first-order valence-corrected chi connectivity index (χ1v) is 7.76. The summed E-state index contributed by atoms with van der Waals surface area (Å²) >= 11 is 0. The van der Waals surface area contributed by atoms with E-state index in [4.69, 9.17) is 0 Å². The second-order valence-corrected chi connectivity index (χ2v) is 6.52. The van der Waals surface area contributed by atoms with E-state index in [-0.39, 0.29) is 0 Å². The van der Waals surface area contributed by atoms with Crippen molar-refractivity contribution in [3.63, 3.8) is 0 Å². The van der Waals surface area contributed by atoms with Crippen molar-refractivity contribution in [2.45, 2.75) is 38.5 Å². The van der Waals surface area contributed by atoms with Crippen LogP contribution in [0.5, 0.6) is 0 Å². The average Bonchev–Trinajstić information content (AvgIpc) is 3.10. The van der Waals surface area contributed by atoms with Crippen LogP contribution in [0, 0.1) is 0 Å². The van der Waals surface area contributed by atoms with E-state index in [2.05, 4.69) is 36.4 Å². The predicted octanol–water partition coefficient (Wildman–Crippen LogP) is 4.40. The van der Waals surface area contributed by atoms with Crippen molar-refractivity contribution in [3.8, 4) is 0 Å². The molecule has 1 aromatic carbocycles. The number of allylic oxidation sites excluding steroid dienone is 8. The van der Waals surface area contributed by atoms with Crippen LogP contribution in [0.1, 0.15) is 35.1 Å². The summed E-state index contributed by atoms with van der Waals surface area (Å²) in [4.78, 5) is 0. The van der Waals surface area contributed by atoms with Gasteiger partial charge in [-0.15, -0.1) is 0 Å². The second kappa shape index (κ2) is 3.85. The molecule has 0 heteroatoms. The Labute approximate surface area is 120 Å². The van der Waals surface area contributed by atoms with Gasteiger partial charge in [-0.25, -0.2) is 0 Å². The molecule has 5 rings (SSSR count). The van der Waals surface area contributed by atoms with Crippen LogP contribution in [-0.2, 0) is 25.7 Å². The number of benzene rings is 1. The molecule has 20 heavy (non-hydrogen) atoms. The van der Waals surface area contributed by atoms with Gasteiger partial charge in [0.25, 0.3) is 0 Å². The first-order chi connectivity index (χ1) is 9.88. The Balaban J connectivity index is 1.62. The van der Waals surface area contributed by atoms with Crippen molar-refractivity contribution >= 4 is 0 Å². The Morgan fingerprint density at radius 2 is 1.10 bits per heavy atom. The Kier molecular flexibility index (Phi) is 2.10. The topological polar surface area (TPSA) is 0 Å². The SMILES string of the molecule is C1=CC2=C(C1)Cc1ccc3c(c1C2)CC1=C(CC=C1)C3. The molecule has 0 aromatic heterocycles. The van der Waals surface area contributed by atoms with Crippen LogP contribution in [0.3, 0.4) is 0 Å². The monoisotopic (exact) mass is 258 g/mol. The molecular weight excluding hydrogens is 240 g/mol. The molecule has 0 heterocycles. The lowest BCUT2D eigenvalue weighted by atomic mass is 9.77. The molecule has 0 bridgehead atoms. The molecule has 0 saturated heterocycles. The fraction of sp³-hybridized carbons (Fsp3) is 0.300. The number of rotatable bonds is 0. The largest absolute Gasteiger partial charge is 0.0802 e. The number of hydrogen-bond donors (Lipinski definition) is 0. The molecule has 4 aliphatic rings. The summed E-state index contributed by atoms with van der Waals surface area (Å²) in [7, 11) is 0. The van der Waals surface area contributed by atoms with E-state index in [1.807, 2.05) is 0 Å². The summed E-state index contributed by atoms with van der Waals surface area (Å²) in [6.45, 7) is 0. The second-order valence-electron chi connectivity index (χ2n) is 6.52. The quantitative estimate of drug-likeness (QED) is 0.647. The van der Waals surface area contributed by atoms with Gasteiger partial charge in [-0.2, -0.15) is 0 Å². The zero-order chi connectivity index (χ0) is 13.1. The van der Waals surface area contributed by atoms with E-state index >= 15 is 0 Å². The summed E-state index contributed by atoms with van der Waals surface area (Å²) in [6, 6.07) is 4.81. The van der Waals surface area contributed by atoms with Gasteiger partial charge >= 0.3 is 0 Å². The van der Waals surface area contributed by atoms with Crippen molar-refractivity contribution < 1.29 is 0 Å². The Hall–Kier alpha value is -1.82. The van der Waals surface area contributed by atoms with E-state index in [0.29, 0.717) is 0 Å².